The SMILES string of the molecule is Bc1nc(-n2c3c(B)c(B)c(B)c(B)c3c3c(B)c(-n4c5c(B)c(B)c(B)c(B)c5c5c(B)c(B)c(B)c(B)c54)c(B)c(B)c32)c2sc3c(B)c(B)c(-n4c5c(B)c(B)c(B)c(B)c5c5c(B)c(B)c(B)c(B)c54)c(B)c3c2c1B. The molecule has 0 radical (unpaired) electrons. The Morgan fingerprint density at radius 1 is 0.200 bits per heavy atom. The molecular weight excluding hydrogens is 955 g/mol. The van der Waals surface area contributed by atoms with Crippen LogP contribution < -0.4 is 153 Å². The highest BCUT2D eigenvalue weighted by Gasteiger charge is 2.32. The van der Waals surface area contributed by atoms with Crippen LogP contribution in [0.25, 0.3) is 103 Å². The zero-order valence-electron chi connectivity index (χ0n) is 53.7. The van der Waals surface area contributed by atoms with Gasteiger partial charge in [-0.1, -0.05) is 120 Å². The van der Waals surface area contributed by atoms with Gasteiger partial charge in [0.1, 0.15) is 212 Å². The minimum absolute atomic E-state index is 1.04. The third-order valence-corrected chi connectivity index (χ3v) is 23.9. The van der Waals surface area contributed by atoms with Gasteiger partial charge < -0.3 is 9.13 Å². The number of pyridine rings is 1. The summed E-state index contributed by atoms with van der Waals surface area (Å²) in [4.78, 5) is 5.87. The Kier molecular flexibility index (Phi) is 12.7. The summed E-state index contributed by atoms with van der Waals surface area (Å²) in [6.07, 6.45) is 0. The average molecular weight is 1010 g/mol. The fourth-order valence-electron chi connectivity index (χ4n) is 15.7. The number of benzene rings is 7. The lowest BCUT2D eigenvalue weighted by atomic mass is 9.63. The summed E-state index contributed by atoms with van der Waals surface area (Å²) in [6, 6.07) is 0. The van der Waals surface area contributed by atoms with E-state index in [0.29, 0.717) is 0 Å². The van der Waals surface area contributed by atoms with Crippen molar-refractivity contribution in [3.05, 3.63) is 0 Å². The summed E-state index contributed by atoms with van der Waals surface area (Å²) in [5.74, 6) is 1.04. The van der Waals surface area contributed by atoms with E-state index in [2.05, 4.69) is 233 Å². The van der Waals surface area contributed by atoms with Gasteiger partial charge in [0.25, 0.3) is 0 Å². The first-order valence-corrected chi connectivity index (χ1v) is 30.2. The molecule has 4 nitrogen and oxygen atoms in total. The van der Waals surface area contributed by atoms with Crippen molar-refractivity contribution >= 4 is 470 Å². The number of fused-ring (bicyclic) bond motifs is 12. The Balaban J connectivity index is 1.28. The van der Waals surface area contributed by atoms with Crippen molar-refractivity contribution in [3.8, 4) is 17.2 Å². The minimum atomic E-state index is 1.04. The molecule has 0 aliphatic heterocycles. The Morgan fingerprint density at radius 2 is 0.438 bits per heavy atom. The molecule has 5 aromatic heterocycles. The molecule has 7 aromatic carbocycles. The number of hydrogen-bond donors (Lipinski definition) is 0. The van der Waals surface area contributed by atoms with Gasteiger partial charge >= 0.3 is 0 Å². The van der Waals surface area contributed by atoms with E-state index in [1.54, 1.807) is 0 Å². The predicted octanol–water partition coefficient (Wildman–Crippen LogP) is -36.0. The van der Waals surface area contributed by atoms with Crippen molar-refractivity contribution in [2.24, 2.45) is 0 Å². The van der Waals surface area contributed by atoms with Crippen LogP contribution in [0.2, 0.25) is 0 Å². The second-order valence-electron chi connectivity index (χ2n) is 25.5. The Hall–Kier alpha value is -4.87. The highest BCUT2D eigenvalue weighted by atomic mass is 32.1. The Bertz CT molecular complexity index is 4900. The van der Waals surface area contributed by atoms with E-state index in [1.165, 1.54) is 244 Å². The normalized spacial score (nSPS) is 12.2. The first-order chi connectivity index (χ1) is 37.5. The number of hydrogen-bond acceptors (Lipinski definition) is 2. The smallest absolute Gasteiger partial charge is 0.163 e. The lowest BCUT2D eigenvalue weighted by Crippen LogP contribution is -2.49. The van der Waals surface area contributed by atoms with Gasteiger partial charge in [0, 0.05) is 54.6 Å². The highest BCUT2D eigenvalue weighted by Crippen LogP contribution is 2.38. The van der Waals surface area contributed by atoms with Crippen LogP contribution in [0.1, 0.15) is 0 Å². The van der Waals surface area contributed by atoms with Gasteiger partial charge in [-0.25, -0.2) is 4.98 Å². The summed E-state index contributed by atoms with van der Waals surface area (Å²) >= 11 is 1.96. The molecule has 5 heterocycles. The fraction of sp³-hybridized carbons (Fsp3) is 0. The van der Waals surface area contributed by atoms with Crippen LogP contribution >= 0.6 is 11.3 Å². The second-order valence-corrected chi connectivity index (χ2v) is 26.5. The largest absolute Gasteiger partial charge is 0.312 e. The second kappa shape index (κ2) is 18.3. The lowest BCUT2D eigenvalue weighted by molar-refractivity contribution is 1.13. The van der Waals surface area contributed by atoms with Crippen LogP contribution in [0.4, 0.5) is 0 Å². The van der Waals surface area contributed by atoms with Gasteiger partial charge in [0.05, 0.1) is 4.70 Å². The van der Waals surface area contributed by atoms with E-state index in [0.717, 1.165) is 11.4 Å². The first-order valence-electron chi connectivity index (χ1n) is 29.4. The lowest BCUT2D eigenvalue weighted by Gasteiger charge is -2.23. The molecule has 33 heteroatoms. The minimum Gasteiger partial charge on any atom is -0.312 e. The standard InChI is InChI=1S/C47H56B28N4S/c48-9-1-2-10(49)18(57)23(62)28(67)37(2)77(36(1)27(66)22(61)17(9)56)42-14(53)6-5-13(52)21(60)26(65)31(70)40(5)79(41(6)32(71)33(42)72)47-45-8(16(55)46(75)76-47)7-15(54)43(34(73)35(74)44(7)80-45)78-38-3(11(50)19(58)24(63)29(38)68)4-12(51)20(59)25(64)30(69)39(4)78/h48-75H2. The molecule has 0 aliphatic rings. The summed E-state index contributed by atoms with van der Waals surface area (Å²) in [5, 5.41) is 11.0. The van der Waals surface area contributed by atoms with Crippen LogP contribution in [0, 0.1) is 0 Å². The van der Waals surface area contributed by atoms with Gasteiger partial charge in [0.2, 0.25) is 0 Å². The topological polar surface area (TPSA) is 27.7 Å². The maximum atomic E-state index is 5.87. The van der Waals surface area contributed by atoms with E-state index < -0.39 is 0 Å². The molecular formula is C47H56B28N4S. The van der Waals surface area contributed by atoms with Crippen LogP contribution in [0.15, 0.2) is 0 Å². The molecule has 0 fully saturated rings. The molecule has 12 rings (SSSR count). The third-order valence-electron chi connectivity index (χ3n) is 22.6. The number of thiophene rings is 1. The number of aromatic nitrogens is 4. The third kappa shape index (κ3) is 6.65. The predicted molar refractivity (Wildman–Crippen MR) is 449 cm³/mol. The molecule has 354 valence electrons. The Labute approximate surface area is 501 Å². The monoisotopic (exact) mass is 1020 g/mol. The van der Waals surface area contributed by atoms with E-state index in [4.69, 9.17) is 4.98 Å². The zero-order valence-corrected chi connectivity index (χ0v) is 54.5. The van der Waals surface area contributed by atoms with Gasteiger partial charge in [-0.3, -0.25) is 4.57 Å². The summed E-state index contributed by atoms with van der Waals surface area (Å²) < 4.78 is 10.7. The van der Waals surface area contributed by atoms with Crippen LogP contribution in [-0.4, -0.2) is 238 Å². The number of nitrogens with zero attached hydrogens (tertiary/aromatic N) is 4. The van der Waals surface area contributed by atoms with Crippen molar-refractivity contribution in [2.75, 3.05) is 0 Å². The molecule has 0 amide bonds. The first kappa shape index (κ1) is 55.7. The van der Waals surface area contributed by atoms with Crippen LogP contribution in [-0.2, 0) is 0 Å². The van der Waals surface area contributed by atoms with E-state index in [1.807, 2.05) is 11.3 Å². The summed E-state index contributed by atoms with van der Waals surface area (Å²) in [7, 11) is 66.1. The molecule has 0 aliphatic carbocycles. The summed E-state index contributed by atoms with van der Waals surface area (Å²) in [5.41, 5.74) is 48.4. The van der Waals surface area contributed by atoms with Gasteiger partial charge in [-0.05, 0) is 43.3 Å². The zero-order chi connectivity index (χ0) is 58.3. The maximum absolute atomic E-state index is 5.87. The molecule has 0 saturated heterocycles. The van der Waals surface area contributed by atoms with E-state index >= 15 is 0 Å². The van der Waals surface area contributed by atoms with Crippen molar-refractivity contribution in [1.29, 1.82) is 0 Å². The van der Waals surface area contributed by atoms with Crippen molar-refractivity contribution < 1.29 is 0 Å². The molecule has 0 atom stereocenters. The fourth-order valence-corrected chi connectivity index (χ4v) is 17.2. The van der Waals surface area contributed by atoms with Crippen LogP contribution in [0.3, 0.4) is 0 Å². The highest BCUT2D eigenvalue weighted by molar-refractivity contribution is 7.28. The quantitative estimate of drug-likeness (QED) is 0.162. The van der Waals surface area contributed by atoms with E-state index in [9.17, 15) is 0 Å². The molecule has 0 spiro atoms. The van der Waals surface area contributed by atoms with Gasteiger partial charge in [-0.15, -0.1) is 38.7 Å². The number of rotatable bonds is 3. The van der Waals surface area contributed by atoms with Crippen molar-refractivity contribution in [3.63, 3.8) is 0 Å². The van der Waals surface area contributed by atoms with Crippen molar-refractivity contribution in [1.82, 2.24) is 18.7 Å². The van der Waals surface area contributed by atoms with Gasteiger partial charge in [0.15, 0.2) is 13.7 Å². The van der Waals surface area contributed by atoms with Crippen molar-refractivity contribution in [2.45, 2.75) is 0 Å². The molecule has 0 saturated carbocycles. The summed E-state index contributed by atoms with van der Waals surface area (Å²) in [6.45, 7) is 0. The van der Waals surface area contributed by atoms with Crippen LogP contribution in [0.5, 0.6) is 0 Å². The van der Waals surface area contributed by atoms with Gasteiger partial charge in [-0.2, -0.15) is 0 Å². The molecule has 0 unspecified atom stereocenters. The average Bonchev–Trinajstić information content (AvgIpc) is 4.23. The molecule has 0 bridgehead atoms. The Morgan fingerprint density at radius 3 is 0.762 bits per heavy atom. The molecule has 80 heavy (non-hydrogen) atoms. The molecule has 0 N–H and O–H groups in total. The maximum Gasteiger partial charge on any atom is 0.163 e. The molecule has 12 aromatic rings. The van der Waals surface area contributed by atoms with E-state index in [-0.39, 0.29) is 0 Å².